The molecule has 0 bridgehead atoms. The van der Waals surface area contributed by atoms with E-state index in [4.69, 9.17) is 5.11 Å². The van der Waals surface area contributed by atoms with Crippen LogP contribution in [-0.2, 0) is 4.79 Å². The van der Waals surface area contributed by atoms with Crippen LogP contribution in [0.25, 0.3) is 16.9 Å². The fraction of sp³-hybridized carbons (Fsp3) is 0.350. The number of fused-ring (bicyclic) bond motifs is 1. The number of benzene rings is 1. The van der Waals surface area contributed by atoms with Crippen LogP contribution >= 0.6 is 0 Å². The molecule has 1 saturated heterocycles. The lowest BCUT2D eigenvalue weighted by atomic mass is 10.0. The molecule has 4 rings (SSSR count). The summed E-state index contributed by atoms with van der Waals surface area (Å²) >= 11 is 0. The quantitative estimate of drug-likeness (QED) is 0.660. The average molecular weight is 412 g/mol. The van der Waals surface area contributed by atoms with Gasteiger partial charge in [0.15, 0.2) is 0 Å². The van der Waals surface area contributed by atoms with E-state index in [1.54, 1.807) is 11.0 Å². The standard InChI is InChI=1S/C20H21FN6O3/c1-12-16-3-2-14(21)8-17(16)27(25-12)20-22-9-13(10-23-20)19(30)24-15-4-6-26(7-5-15)18(29)11-28/h2-3,8-10,15,28H,4-7,11H2,1H3,(H,24,30). The Kier molecular flexibility index (Phi) is 5.40. The van der Waals surface area contributed by atoms with Crippen LogP contribution < -0.4 is 5.32 Å². The smallest absolute Gasteiger partial charge is 0.254 e. The van der Waals surface area contributed by atoms with Gasteiger partial charge in [-0.15, -0.1) is 0 Å². The number of hydrogen-bond donors (Lipinski definition) is 2. The van der Waals surface area contributed by atoms with Gasteiger partial charge in [0, 0.05) is 43.0 Å². The second-order valence-corrected chi connectivity index (χ2v) is 7.22. The number of hydrogen-bond acceptors (Lipinski definition) is 6. The number of rotatable bonds is 4. The Balaban J connectivity index is 1.45. The zero-order chi connectivity index (χ0) is 21.3. The number of nitrogens with zero attached hydrogens (tertiary/aromatic N) is 5. The van der Waals surface area contributed by atoms with Gasteiger partial charge in [0.05, 0.1) is 16.8 Å². The number of amides is 2. The van der Waals surface area contributed by atoms with Gasteiger partial charge in [0.25, 0.3) is 11.9 Å². The molecule has 0 radical (unpaired) electrons. The lowest BCUT2D eigenvalue weighted by Crippen LogP contribution is -2.47. The first-order chi connectivity index (χ1) is 14.5. The van der Waals surface area contributed by atoms with Crippen molar-refractivity contribution in [1.82, 2.24) is 30.0 Å². The number of aliphatic hydroxyl groups is 1. The third-order valence-electron chi connectivity index (χ3n) is 5.24. The largest absolute Gasteiger partial charge is 0.387 e. The molecule has 0 unspecified atom stereocenters. The minimum absolute atomic E-state index is 0.0689. The number of carbonyl (C=O) groups excluding carboxylic acids is 2. The summed E-state index contributed by atoms with van der Waals surface area (Å²) in [7, 11) is 0. The number of piperidine rings is 1. The van der Waals surface area contributed by atoms with Gasteiger partial charge in [-0.3, -0.25) is 9.59 Å². The zero-order valence-corrected chi connectivity index (χ0v) is 16.4. The summed E-state index contributed by atoms with van der Waals surface area (Å²) < 4.78 is 15.1. The van der Waals surface area contributed by atoms with E-state index >= 15 is 0 Å². The van der Waals surface area contributed by atoms with Crippen LogP contribution in [-0.4, -0.2) is 67.3 Å². The highest BCUT2D eigenvalue weighted by Gasteiger charge is 2.24. The molecule has 0 saturated carbocycles. The van der Waals surface area contributed by atoms with Crippen molar-refractivity contribution >= 4 is 22.7 Å². The number of likely N-dealkylation sites (tertiary alicyclic amines) is 1. The first kappa shape index (κ1) is 19.9. The van der Waals surface area contributed by atoms with Crippen LogP contribution in [0.2, 0.25) is 0 Å². The maximum Gasteiger partial charge on any atom is 0.254 e. The van der Waals surface area contributed by atoms with Gasteiger partial charge in [0.1, 0.15) is 12.4 Å². The summed E-state index contributed by atoms with van der Waals surface area (Å²) in [6, 6.07) is 4.33. The number of aliphatic hydroxyl groups excluding tert-OH is 1. The molecule has 3 aromatic rings. The summed E-state index contributed by atoms with van der Waals surface area (Å²) in [6.07, 6.45) is 4.04. The minimum Gasteiger partial charge on any atom is -0.387 e. The molecule has 2 aromatic heterocycles. The molecule has 0 atom stereocenters. The first-order valence-electron chi connectivity index (χ1n) is 9.63. The third kappa shape index (κ3) is 3.86. The fourth-order valence-corrected chi connectivity index (χ4v) is 3.59. The van der Waals surface area contributed by atoms with E-state index in [0.29, 0.717) is 37.0 Å². The summed E-state index contributed by atoms with van der Waals surface area (Å²) in [4.78, 5) is 34.1. The Hall–Kier alpha value is -3.40. The van der Waals surface area contributed by atoms with Gasteiger partial charge >= 0.3 is 0 Å². The predicted molar refractivity (Wildman–Crippen MR) is 106 cm³/mol. The highest BCUT2D eigenvalue weighted by atomic mass is 19.1. The zero-order valence-electron chi connectivity index (χ0n) is 16.4. The Morgan fingerprint density at radius 1 is 1.23 bits per heavy atom. The van der Waals surface area contributed by atoms with Crippen molar-refractivity contribution in [3.8, 4) is 5.95 Å². The second-order valence-electron chi connectivity index (χ2n) is 7.22. The molecule has 9 nitrogen and oxygen atoms in total. The van der Waals surface area contributed by atoms with Crippen molar-refractivity contribution < 1.29 is 19.1 Å². The number of aromatic nitrogens is 4. The van der Waals surface area contributed by atoms with Crippen LogP contribution in [0.4, 0.5) is 4.39 Å². The molecule has 0 spiro atoms. The molecule has 1 aliphatic heterocycles. The first-order valence-corrected chi connectivity index (χ1v) is 9.63. The van der Waals surface area contributed by atoms with Crippen molar-refractivity contribution in [3.63, 3.8) is 0 Å². The molecule has 10 heteroatoms. The van der Waals surface area contributed by atoms with E-state index in [-0.39, 0.29) is 29.6 Å². The number of nitrogens with one attached hydrogen (secondary N) is 1. The Morgan fingerprint density at radius 3 is 2.60 bits per heavy atom. The second kappa shape index (κ2) is 8.15. The highest BCUT2D eigenvalue weighted by Crippen LogP contribution is 2.21. The van der Waals surface area contributed by atoms with E-state index in [9.17, 15) is 14.0 Å². The van der Waals surface area contributed by atoms with Crippen molar-refractivity contribution in [2.75, 3.05) is 19.7 Å². The number of aryl methyl sites for hydroxylation is 1. The van der Waals surface area contributed by atoms with E-state index in [0.717, 1.165) is 11.1 Å². The predicted octanol–water partition coefficient (Wildman–Crippen LogP) is 0.976. The van der Waals surface area contributed by atoms with Gasteiger partial charge in [-0.25, -0.2) is 14.4 Å². The summed E-state index contributed by atoms with van der Waals surface area (Å²) in [5.41, 5.74) is 1.57. The van der Waals surface area contributed by atoms with E-state index in [2.05, 4.69) is 20.4 Å². The van der Waals surface area contributed by atoms with Gasteiger partial charge < -0.3 is 15.3 Å². The summed E-state index contributed by atoms with van der Waals surface area (Å²) in [5, 5.41) is 17.0. The van der Waals surface area contributed by atoms with Crippen molar-refractivity contribution in [3.05, 3.63) is 47.7 Å². The van der Waals surface area contributed by atoms with Gasteiger partial charge in [-0.2, -0.15) is 9.78 Å². The van der Waals surface area contributed by atoms with Crippen molar-refractivity contribution in [2.24, 2.45) is 0 Å². The van der Waals surface area contributed by atoms with Crippen LogP contribution in [0.5, 0.6) is 0 Å². The number of carbonyl (C=O) groups is 2. The number of halogens is 1. The molecular weight excluding hydrogens is 391 g/mol. The van der Waals surface area contributed by atoms with Crippen LogP contribution in [0.3, 0.4) is 0 Å². The average Bonchev–Trinajstić information content (AvgIpc) is 3.09. The monoisotopic (exact) mass is 412 g/mol. The van der Waals surface area contributed by atoms with E-state index in [1.807, 2.05) is 6.92 Å². The van der Waals surface area contributed by atoms with Crippen LogP contribution in [0.1, 0.15) is 28.9 Å². The normalized spacial score (nSPS) is 14.8. The SMILES string of the molecule is Cc1nn(-c2ncc(C(=O)NC3CCN(C(=O)CO)CC3)cn2)c2cc(F)ccc12. The van der Waals surface area contributed by atoms with Crippen LogP contribution in [0, 0.1) is 12.7 Å². The Labute approximate surface area is 171 Å². The molecular formula is C20H21FN6O3. The molecule has 156 valence electrons. The van der Waals surface area contributed by atoms with E-state index in [1.165, 1.54) is 29.2 Å². The molecule has 1 aliphatic rings. The Morgan fingerprint density at radius 2 is 1.93 bits per heavy atom. The van der Waals surface area contributed by atoms with Gasteiger partial charge in [-0.1, -0.05) is 0 Å². The Bertz CT molecular complexity index is 1090. The molecule has 1 fully saturated rings. The maximum absolute atomic E-state index is 13.7. The van der Waals surface area contributed by atoms with Crippen molar-refractivity contribution in [1.29, 1.82) is 0 Å². The minimum atomic E-state index is -0.502. The van der Waals surface area contributed by atoms with Gasteiger partial charge in [-0.05, 0) is 31.9 Å². The molecule has 2 N–H and O–H groups in total. The lowest BCUT2D eigenvalue weighted by molar-refractivity contribution is -0.135. The van der Waals surface area contributed by atoms with E-state index < -0.39 is 6.61 Å². The topological polar surface area (TPSA) is 113 Å². The van der Waals surface area contributed by atoms with Gasteiger partial charge in [0.2, 0.25) is 5.91 Å². The molecule has 0 aliphatic carbocycles. The third-order valence-corrected chi connectivity index (χ3v) is 5.24. The lowest BCUT2D eigenvalue weighted by Gasteiger charge is -2.32. The summed E-state index contributed by atoms with van der Waals surface area (Å²) in [6.45, 7) is 2.29. The molecule has 2 amide bonds. The van der Waals surface area contributed by atoms with Crippen molar-refractivity contribution in [2.45, 2.75) is 25.8 Å². The maximum atomic E-state index is 13.7. The molecule has 30 heavy (non-hydrogen) atoms. The molecule has 3 heterocycles. The summed E-state index contributed by atoms with van der Waals surface area (Å²) in [5.74, 6) is -0.747. The highest BCUT2D eigenvalue weighted by molar-refractivity contribution is 5.93. The molecule has 1 aromatic carbocycles. The van der Waals surface area contributed by atoms with Crippen LogP contribution in [0.15, 0.2) is 30.6 Å². The fourth-order valence-electron chi connectivity index (χ4n) is 3.59.